The van der Waals surface area contributed by atoms with Crippen LogP contribution in [0.2, 0.25) is 0 Å². The highest BCUT2D eigenvalue weighted by atomic mass is 32.2. The summed E-state index contributed by atoms with van der Waals surface area (Å²) in [4.78, 5) is 36.5. The first-order chi connectivity index (χ1) is 12.5. The third-order valence-electron chi connectivity index (χ3n) is 3.72. The Morgan fingerprint density at radius 3 is 2.69 bits per heavy atom. The standard InChI is InChI=1S/C16H17N7O2S/c1-10-13(14(25)23(22(10)2)11-6-4-3-5-7-11)20-12(24)8-26-16-19-9-18-15(17)21-16/h3-7,9H,8H2,1-2H3,(H,20,24)(H2,17,18,19,21). The molecule has 0 aliphatic rings. The first kappa shape index (κ1) is 17.7. The average molecular weight is 371 g/mol. The van der Waals surface area contributed by atoms with E-state index in [4.69, 9.17) is 5.73 Å². The van der Waals surface area contributed by atoms with E-state index in [1.807, 2.05) is 30.3 Å². The van der Waals surface area contributed by atoms with E-state index in [1.54, 1.807) is 18.7 Å². The van der Waals surface area contributed by atoms with Gasteiger partial charge in [0.1, 0.15) is 12.0 Å². The molecule has 1 amide bonds. The predicted octanol–water partition coefficient (Wildman–Crippen LogP) is 0.982. The lowest BCUT2D eigenvalue weighted by Gasteiger charge is -2.07. The number of rotatable bonds is 5. The van der Waals surface area contributed by atoms with Gasteiger partial charge >= 0.3 is 0 Å². The molecule has 3 aromatic rings. The lowest BCUT2D eigenvalue weighted by Crippen LogP contribution is -2.23. The van der Waals surface area contributed by atoms with Crippen molar-refractivity contribution in [2.24, 2.45) is 7.05 Å². The molecule has 0 spiro atoms. The molecule has 0 radical (unpaired) electrons. The summed E-state index contributed by atoms with van der Waals surface area (Å²) in [6.45, 7) is 1.77. The fraction of sp³-hybridized carbons (Fsp3) is 0.188. The Hall–Kier alpha value is -3.14. The van der Waals surface area contributed by atoms with Gasteiger partial charge in [-0.1, -0.05) is 30.0 Å². The van der Waals surface area contributed by atoms with E-state index in [1.165, 1.54) is 11.0 Å². The average Bonchev–Trinajstić information content (AvgIpc) is 2.84. The van der Waals surface area contributed by atoms with Crippen molar-refractivity contribution >= 4 is 29.3 Å². The maximum atomic E-state index is 12.7. The van der Waals surface area contributed by atoms with Gasteiger partial charge in [0.15, 0.2) is 5.16 Å². The van der Waals surface area contributed by atoms with Gasteiger partial charge in [-0.3, -0.25) is 14.3 Å². The van der Waals surface area contributed by atoms with Crippen LogP contribution in [0, 0.1) is 6.92 Å². The number of anilines is 2. The van der Waals surface area contributed by atoms with E-state index >= 15 is 0 Å². The Balaban J connectivity index is 1.78. The van der Waals surface area contributed by atoms with Gasteiger partial charge in [-0.15, -0.1) is 0 Å². The zero-order chi connectivity index (χ0) is 18.7. The normalized spacial score (nSPS) is 10.7. The minimum atomic E-state index is -0.333. The molecule has 0 fully saturated rings. The molecular formula is C16H17N7O2S. The summed E-state index contributed by atoms with van der Waals surface area (Å²) in [6.07, 6.45) is 1.28. The number of nitrogens with one attached hydrogen (secondary N) is 1. The number of amides is 1. The summed E-state index contributed by atoms with van der Waals surface area (Å²) < 4.78 is 3.21. The smallest absolute Gasteiger partial charge is 0.295 e. The number of aromatic nitrogens is 5. The SMILES string of the molecule is Cc1c(NC(=O)CSc2ncnc(N)n2)c(=O)n(-c2ccccc2)n1C. The molecule has 3 N–H and O–H groups in total. The highest BCUT2D eigenvalue weighted by Crippen LogP contribution is 2.16. The van der Waals surface area contributed by atoms with Crippen LogP contribution in [-0.4, -0.2) is 36.0 Å². The maximum absolute atomic E-state index is 12.7. The van der Waals surface area contributed by atoms with Gasteiger partial charge < -0.3 is 11.1 Å². The van der Waals surface area contributed by atoms with Crippen molar-refractivity contribution in [3.63, 3.8) is 0 Å². The number of benzene rings is 1. The Morgan fingerprint density at radius 2 is 2.00 bits per heavy atom. The second-order valence-electron chi connectivity index (χ2n) is 5.40. The van der Waals surface area contributed by atoms with E-state index < -0.39 is 0 Å². The van der Waals surface area contributed by atoms with Gasteiger partial charge in [0.2, 0.25) is 11.9 Å². The topological polar surface area (TPSA) is 121 Å². The van der Waals surface area contributed by atoms with Crippen LogP contribution in [0.5, 0.6) is 0 Å². The van der Waals surface area contributed by atoms with Crippen LogP contribution in [0.3, 0.4) is 0 Å². The third kappa shape index (κ3) is 3.59. The summed E-state index contributed by atoms with van der Waals surface area (Å²) in [5.41, 5.74) is 6.81. The van der Waals surface area contributed by atoms with Crippen molar-refractivity contribution in [3.05, 3.63) is 52.7 Å². The largest absolute Gasteiger partial charge is 0.368 e. The van der Waals surface area contributed by atoms with Crippen molar-refractivity contribution < 1.29 is 4.79 Å². The van der Waals surface area contributed by atoms with E-state index in [0.29, 0.717) is 10.9 Å². The number of hydrogen-bond donors (Lipinski definition) is 2. The minimum Gasteiger partial charge on any atom is -0.368 e. The van der Waals surface area contributed by atoms with Crippen molar-refractivity contribution in [1.82, 2.24) is 24.3 Å². The Bertz CT molecular complexity index is 998. The molecule has 134 valence electrons. The van der Waals surface area contributed by atoms with E-state index in [-0.39, 0.29) is 28.9 Å². The summed E-state index contributed by atoms with van der Waals surface area (Å²) in [6, 6.07) is 9.22. The Morgan fingerprint density at radius 1 is 1.27 bits per heavy atom. The molecular weight excluding hydrogens is 354 g/mol. The van der Waals surface area contributed by atoms with Crippen molar-refractivity contribution in [3.8, 4) is 5.69 Å². The number of thioether (sulfide) groups is 1. The van der Waals surface area contributed by atoms with Crippen molar-refractivity contribution in [2.75, 3.05) is 16.8 Å². The molecule has 1 aromatic carbocycles. The highest BCUT2D eigenvalue weighted by Gasteiger charge is 2.18. The van der Waals surface area contributed by atoms with E-state index in [9.17, 15) is 9.59 Å². The second kappa shape index (κ2) is 7.40. The van der Waals surface area contributed by atoms with Crippen LogP contribution in [0.25, 0.3) is 5.69 Å². The molecule has 0 unspecified atom stereocenters. The number of hydrogen-bond acceptors (Lipinski definition) is 7. The molecule has 0 aliphatic carbocycles. The molecule has 0 bridgehead atoms. The van der Waals surface area contributed by atoms with Crippen LogP contribution in [-0.2, 0) is 11.8 Å². The summed E-state index contributed by atoms with van der Waals surface area (Å²) in [5.74, 6) is -0.199. The Labute approximate surface area is 153 Å². The monoisotopic (exact) mass is 371 g/mol. The summed E-state index contributed by atoms with van der Waals surface area (Å²) >= 11 is 1.11. The van der Waals surface area contributed by atoms with Crippen LogP contribution in [0.4, 0.5) is 11.6 Å². The molecule has 3 rings (SSSR count). The first-order valence-electron chi connectivity index (χ1n) is 7.68. The van der Waals surface area contributed by atoms with Crippen LogP contribution >= 0.6 is 11.8 Å². The zero-order valence-corrected chi connectivity index (χ0v) is 15.0. The second-order valence-corrected chi connectivity index (χ2v) is 6.34. The fourth-order valence-electron chi connectivity index (χ4n) is 2.38. The lowest BCUT2D eigenvalue weighted by atomic mass is 10.3. The molecule has 10 heteroatoms. The van der Waals surface area contributed by atoms with Crippen molar-refractivity contribution in [1.29, 1.82) is 0 Å². The predicted molar refractivity (Wildman–Crippen MR) is 99.3 cm³/mol. The quantitative estimate of drug-likeness (QED) is 0.641. The van der Waals surface area contributed by atoms with Gasteiger partial charge in [-0.2, -0.15) is 4.98 Å². The molecule has 9 nitrogen and oxygen atoms in total. The van der Waals surface area contributed by atoms with Crippen LogP contribution in [0.1, 0.15) is 5.69 Å². The van der Waals surface area contributed by atoms with Crippen LogP contribution < -0.4 is 16.6 Å². The van der Waals surface area contributed by atoms with Gasteiger partial charge in [0.25, 0.3) is 5.56 Å². The molecule has 0 atom stereocenters. The summed E-state index contributed by atoms with van der Waals surface area (Å²) in [5, 5.41) is 3.02. The number of para-hydroxylation sites is 1. The molecule has 26 heavy (non-hydrogen) atoms. The number of carbonyl (C=O) groups is 1. The fourth-order valence-corrected chi connectivity index (χ4v) is 2.99. The number of nitrogens with two attached hydrogens (primary N) is 1. The van der Waals surface area contributed by atoms with Gasteiger partial charge in [0, 0.05) is 7.05 Å². The lowest BCUT2D eigenvalue weighted by molar-refractivity contribution is -0.113. The minimum absolute atomic E-state index is 0.0442. The van der Waals surface area contributed by atoms with Gasteiger partial charge in [-0.05, 0) is 19.1 Å². The highest BCUT2D eigenvalue weighted by molar-refractivity contribution is 7.99. The first-order valence-corrected chi connectivity index (χ1v) is 8.67. The number of nitrogen functional groups attached to an aromatic ring is 1. The third-order valence-corrected chi connectivity index (χ3v) is 4.58. The molecule has 2 heterocycles. The molecule has 0 saturated heterocycles. The summed E-state index contributed by atoms with van der Waals surface area (Å²) in [7, 11) is 1.77. The number of carbonyl (C=O) groups excluding carboxylic acids is 1. The Kier molecular flexibility index (Phi) is 5.03. The van der Waals surface area contributed by atoms with Gasteiger partial charge in [-0.25, -0.2) is 14.6 Å². The zero-order valence-electron chi connectivity index (χ0n) is 14.2. The van der Waals surface area contributed by atoms with E-state index in [2.05, 4.69) is 20.3 Å². The maximum Gasteiger partial charge on any atom is 0.295 e. The molecule has 0 aliphatic heterocycles. The van der Waals surface area contributed by atoms with Crippen molar-refractivity contribution in [2.45, 2.75) is 12.1 Å². The molecule has 2 aromatic heterocycles. The van der Waals surface area contributed by atoms with Crippen LogP contribution in [0.15, 0.2) is 46.6 Å². The number of nitrogens with zero attached hydrogens (tertiary/aromatic N) is 5. The molecule has 0 saturated carbocycles. The van der Waals surface area contributed by atoms with E-state index in [0.717, 1.165) is 17.4 Å². The van der Waals surface area contributed by atoms with Gasteiger partial charge in [0.05, 0.1) is 17.1 Å².